The first-order valence-electron chi connectivity index (χ1n) is 9.44. The highest BCUT2D eigenvalue weighted by Crippen LogP contribution is 2.23. The monoisotopic (exact) mass is 387 g/mol. The van der Waals surface area contributed by atoms with Gasteiger partial charge in [-0.1, -0.05) is 12.1 Å². The lowest BCUT2D eigenvalue weighted by molar-refractivity contribution is 0.0161. The summed E-state index contributed by atoms with van der Waals surface area (Å²) in [5.41, 5.74) is 3.09. The largest absolute Gasteiger partial charge is 0.379 e. The molecule has 1 aromatic heterocycles. The molecule has 1 aliphatic rings. The number of H-pyrrole nitrogens is 1. The molecule has 2 heterocycles. The van der Waals surface area contributed by atoms with Gasteiger partial charge in [0, 0.05) is 30.9 Å². The van der Waals surface area contributed by atoms with E-state index >= 15 is 0 Å². The fourth-order valence-electron chi connectivity index (χ4n) is 3.84. The number of aryl methyl sites for hydroxylation is 1. The lowest BCUT2D eigenvalue weighted by atomic mass is 10.0. The number of rotatable bonds is 6. The van der Waals surface area contributed by atoms with Crippen molar-refractivity contribution in [2.45, 2.75) is 26.8 Å². The molecule has 3 rings (SSSR count). The number of carbonyl (C=O) groups is 2. The SMILES string of the molecule is CC(=O)c1c(C)[nH]c(C(=O)NCC(c2cccc(F)c2)N2CCOCC2)c1C. The summed E-state index contributed by atoms with van der Waals surface area (Å²) < 4.78 is 19.2. The Balaban J connectivity index is 1.79. The molecule has 1 amide bonds. The van der Waals surface area contributed by atoms with Crippen molar-refractivity contribution in [3.63, 3.8) is 0 Å². The van der Waals surface area contributed by atoms with E-state index in [0.717, 1.165) is 5.56 Å². The zero-order chi connectivity index (χ0) is 20.3. The van der Waals surface area contributed by atoms with Crippen LogP contribution in [0, 0.1) is 19.7 Å². The van der Waals surface area contributed by atoms with Gasteiger partial charge < -0.3 is 15.0 Å². The molecule has 1 aromatic carbocycles. The number of aromatic amines is 1. The summed E-state index contributed by atoms with van der Waals surface area (Å²) >= 11 is 0. The van der Waals surface area contributed by atoms with Gasteiger partial charge in [0.1, 0.15) is 11.5 Å². The highest BCUT2D eigenvalue weighted by atomic mass is 19.1. The number of hydrogen-bond acceptors (Lipinski definition) is 4. The summed E-state index contributed by atoms with van der Waals surface area (Å²) in [4.78, 5) is 29.8. The standard InChI is InChI=1S/C21H26FN3O3/c1-13-19(15(3)26)14(2)24-20(13)21(27)23-12-18(25-7-9-28-10-8-25)16-5-4-6-17(22)11-16/h4-6,11,18,24H,7-10,12H2,1-3H3,(H,23,27). The number of hydrogen-bond donors (Lipinski definition) is 2. The molecule has 1 fully saturated rings. The maximum Gasteiger partial charge on any atom is 0.268 e. The number of ketones is 1. The Morgan fingerprint density at radius 3 is 2.61 bits per heavy atom. The fourth-order valence-corrected chi connectivity index (χ4v) is 3.84. The van der Waals surface area contributed by atoms with Crippen LogP contribution in [0.3, 0.4) is 0 Å². The van der Waals surface area contributed by atoms with E-state index in [1.165, 1.54) is 19.1 Å². The minimum Gasteiger partial charge on any atom is -0.379 e. The van der Waals surface area contributed by atoms with Crippen molar-refractivity contribution in [1.82, 2.24) is 15.2 Å². The summed E-state index contributed by atoms with van der Waals surface area (Å²) in [6.07, 6.45) is 0. The van der Waals surface area contributed by atoms with Crippen LogP contribution in [0.15, 0.2) is 24.3 Å². The van der Waals surface area contributed by atoms with Crippen molar-refractivity contribution in [3.8, 4) is 0 Å². The quantitative estimate of drug-likeness (QED) is 0.748. The van der Waals surface area contributed by atoms with Crippen LogP contribution in [0.2, 0.25) is 0 Å². The van der Waals surface area contributed by atoms with Crippen LogP contribution >= 0.6 is 0 Å². The van der Waals surface area contributed by atoms with Crippen LogP contribution in [-0.2, 0) is 4.74 Å². The van der Waals surface area contributed by atoms with E-state index < -0.39 is 0 Å². The van der Waals surface area contributed by atoms with Gasteiger partial charge in [0.2, 0.25) is 0 Å². The maximum absolute atomic E-state index is 13.8. The number of benzene rings is 1. The second-order valence-electron chi connectivity index (χ2n) is 7.11. The van der Waals surface area contributed by atoms with Crippen molar-refractivity contribution >= 4 is 11.7 Å². The average Bonchev–Trinajstić information content (AvgIpc) is 2.97. The molecule has 2 aromatic rings. The Morgan fingerprint density at radius 2 is 2.00 bits per heavy atom. The molecule has 150 valence electrons. The van der Waals surface area contributed by atoms with Gasteiger partial charge in [-0.3, -0.25) is 14.5 Å². The Labute approximate surface area is 164 Å². The van der Waals surface area contributed by atoms with Crippen LogP contribution in [0.4, 0.5) is 4.39 Å². The van der Waals surface area contributed by atoms with Gasteiger partial charge in [0.25, 0.3) is 5.91 Å². The second kappa shape index (κ2) is 8.67. The van der Waals surface area contributed by atoms with E-state index in [1.54, 1.807) is 19.9 Å². The first kappa shape index (κ1) is 20.2. The fraction of sp³-hybridized carbons (Fsp3) is 0.429. The van der Waals surface area contributed by atoms with Gasteiger partial charge in [-0.2, -0.15) is 0 Å². The third-order valence-electron chi connectivity index (χ3n) is 5.19. The number of aromatic nitrogens is 1. The minimum absolute atomic E-state index is 0.0729. The molecular formula is C21H26FN3O3. The topological polar surface area (TPSA) is 74.4 Å². The molecule has 1 unspecified atom stereocenters. The number of amides is 1. The van der Waals surface area contributed by atoms with Crippen LogP contribution in [0.25, 0.3) is 0 Å². The van der Waals surface area contributed by atoms with E-state index in [4.69, 9.17) is 4.74 Å². The van der Waals surface area contributed by atoms with E-state index in [0.29, 0.717) is 55.4 Å². The molecule has 6 nitrogen and oxygen atoms in total. The first-order valence-corrected chi connectivity index (χ1v) is 9.44. The molecule has 0 bridgehead atoms. The predicted molar refractivity (Wildman–Crippen MR) is 104 cm³/mol. The highest BCUT2D eigenvalue weighted by Gasteiger charge is 2.25. The van der Waals surface area contributed by atoms with Crippen LogP contribution in [0.1, 0.15) is 50.6 Å². The number of ether oxygens (including phenoxy) is 1. The molecule has 0 radical (unpaired) electrons. The third-order valence-corrected chi connectivity index (χ3v) is 5.19. The summed E-state index contributed by atoms with van der Waals surface area (Å²) in [5, 5.41) is 2.95. The zero-order valence-electron chi connectivity index (χ0n) is 16.5. The van der Waals surface area contributed by atoms with Gasteiger partial charge in [0.15, 0.2) is 5.78 Å². The Morgan fingerprint density at radius 1 is 1.29 bits per heavy atom. The number of morpholine rings is 1. The third kappa shape index (κ3) is 4.31. The Hall–Kier alpha value is -2.51. The minimum atomic E-state index is -0.302. The normalized spacial score (nSPS) is 16.0. The second-order valence-corrected chi connectivity index (χ2v) is 7.11. The lowest BCUT2D eigenvalue weighted by Gasteiger charge is -2.35. The Kier molecular flexibility index (Phi) is 6.26. The molecular weight excluding hydrogens is 361 g/mol. The van der Waals surface area contributed by atoms with Crippen molar-refractivity contribution in [2.75, 3.05) is 32.8 Å². The maximum atomic E-state index is 13.8. The molecule has 1 atom stereocenters. The van der Waals surface area contributed by atoms with E-state index in [2.05, 4.69) is 15.2 Å². The predicted octanol–water partition coefficient (Wildman–Crippen LogP) is 2.78. The summed E-state index contributed by atoms with van der Waals surface area (Å²) in [6.45, 7) is 8.01. The van der Waals surface area contributed by atoms with E-state index in [1.807, 2.05) is 6.07 Å². The first-order chi connectivity index (χ1) is 13.4. The molecule has 0 saturated carbocycles. The Bertz CT molecular complexity index is 872. The summed E-state index contributed by atoms with van der Waals surface area (Å²) in [5.74, 6) is -0.650. The average molecular weight is 387 g/mol. The molecule has 0 aliphatic carbocycles. The molecule has 7 heteroatoms. The van der Waals surface area contributed by atoms with E-state index in [9.17, 15) is 14.0 Å². The lowest BCUT2D eigenvalue weighted by Crippen LogP contribution is -2.44. The number of nitrogens with zero attached hydrogens (tertiary/aromatic N) is 1. The van der Waals surface area contributed by atoms with Crippen molar-refractivity contribution in [3.05, 3.63) is 58.2 Å². The smallest absolute Gasteiger partial charge is 0.268 e. The molecule has 1 saturated heterocycles. The molecule has 2 N–H and O–H groups in total. The summed E-state index contributed by atoms with van der Waals surface area (Å²) in [6, 6.07) is 6.30. The highest BCUT2D eigenvalue weighted by molar-refractivity contribution is 6.02. The number of Topliss-reactive ketones (excluding diaryl/α,β-unsaturated/α-hetero) is 1. The van der Waals surface area contributed by atoms with E-state index in [-0.39, 0.29) is 23.5 Å². The van der Waals surface area contributed by atoms with Crippen LogP contribution < -0.4 is 5.32 Å². The molecule has 1 aliphatic heterocycles. The molecule has 0 spiro atoms. The zero-order valence-corrected chi connectivity index (χ0v) is 16.5. The van der Waals surface area contributed by atoms with Gasteiger partial charge >= 0.3 is 0 Å². The number of carbonyl (C=O) groups excluding carboxylic acids is 2. The number of nitrogens with one attached hydrogen (secondary N) is 2. The van der Waals surface area contributed by atoms with Gasteiger partial charge in [-0.05, 0) is 44.0 Å². The van der Waals surface area contributed by atoms with Gasteiger partial charge in [-0.15, -0.1) is 0 Å². The van der Waals surface area contributed by atoms with Gasteiger partial charge in [0.05, 0.1) is 19.3 Å². The molecule has 28 heavy (non-hydrogen) atoms. The van der Waals surface area contributed by atoms with Crippen LogP contribution in [0.5, 0.6) is 0 Å². The van der Waals surface area contributed by atoms with Gasteiger partial charge in [-0.25, -0.2) is 4.39 Å². The number of halogens is 1. The summed E-state index contributed by atoms with van der Waals surface area (Å²) in [7, 11) is 0. The van der Waals surface area contributed by atoms with Crippen LogP contribution in [-0.4, -0.2) is 54.4 Å². The van der Waals surface area contributed by atoms with Crippen molar-refractivity contribution < 1.29 is 18.7 Å². The van der Waals surface area contributed by atoms with Crippen molar-refractivity contribution in [2.24, 2.45) is 0 Å². The van der Waals surface area contributed by atoms with Crippen molar-refractivity contribution in [1.29, 1.82) is 0 Å².